The fraction of sp³-hybridized carbons (Fsp3) is 0.231. The van der Waals surface area contributed by atoms with Crippen molar-refractivity contribution in [1.82, 2.24) is 10.1 Å². The van der Waals surface area contributed by atoms with E-state index in [9.17, 15) is 4.79 Å². The number of hydrogen-bond donors (Lipinski definition) is 0. The van der Waals surface area contributed by atoms with Gasteiger partial charge in [0.05, 0.1) is 5.39 Å². The molecule has 1 amide bonds. The Hall–Kier alpha value is -3.31. The standard InChI is InChI=1S/C26H24ClN3O2/c1-17-4-3-5-22(14-17)30-13-12-29(16-18(30)2)26(31)20-8-11-24-23(15-20)25(32-28-24)19-6-9-21(27)10-7-19/h3-11,14-15,18H,12-13,16H2,1-2H3/t18-/m0/s1. The van der Waals surface area contributed by atoms with Gasteiger partial charge >= 0.3 is 0 Å². The third-order valence-corrected chi connectivity index (χ3v) is 6.33. The number of anilines is 1. The molecule has 6 heteroatoms. The summed E-state index contributed by atoms with van der Waals surface area (Å²) in [7, 11) is 0. The van der Waals surface area contributed by atoms with Crippen molar-refractivity contribution >= 4 is 34.1 Å². The number of hydrogen-bond acceptors (Lipinski definition) is 4. The van der Waals surface area contributed by atoms with Crippen LogP contribution in [-0.4, -0.2) is 41.6 Å². The van der Waals surface area contributed by atoms with Crippen LogP contribution in [0.4, 0.5) is 5.69 Å². The molecule has 5 nitrogen and oxygen atoms in total. The van der Waals surface area contributed by atoms with E-state index in [4.69, 9.17) is 16.1 Å². The Bertz CT molecular complexity index is 1280. The number of aryl methyl sites for hydroxylation is 1. The number of piperazine rings is 1. The largest absolute Gasteiger partial charge is 0.365 e. The van der Waals surface area contributed by atoms with E-state index in [2.05, 4.69) is 48.2 Å². The first-order valence-corrected chi connectivity index (χ1v) is 11.2. The molecule has 1 aliphatic rings. The highest BCUT2D eigenvalue weighted by atomic mass is 35.5. The Kier molecular flexibility index (Phi) is 5.35. The molecule has 162 valence electrons. The molecule has 0 aliphatic carbocycles. The normalized spacial score (nSPS) is 16.5. The Morgan fingerprint density at radius 3 is 2.62 bits per heavy atom. The summed E-state index contributed by atoms with van der Waals surface area (Å²) < 4.78 is 5.59. The fourth-order valence-electron chi connectivity index (χ4n) is 4.40. The molecule has 0 spiro atoms. The number of aromatic nitrogens is 1. The summed E-state index contributed by atoms with van der Waals surface area (Å²) in [5.41, 5.74) is 4.70. The molecule has 0 bridgehead atoms. The first kappa shape index (κ1) is 20.6. The SMILES string of the molecule is Cc1cccc(N2CCN(C(=O)c3ccc4noc(-c5ccc(Cl)cc5)c4c3)C[C@@H]2C)c1. The van der Waals surface area contributed by atoms with Gasteiger partial charge in [0.2, 0.25) is 0 Å². The van der Waals surface area contributed by atoms with E-state index < -0.39 is 0 Å². The van der Waals surface area contributed by atoms with Crippen molar-refractivity contribution in [3.8, 4) is 11.3 Å². The Labute approximate surface area is 192 Å². The van der Waals surface area contributed by atoms with Crippen molar-refractivity contribution in [3.05, 3.63) is 82.9 Å². The third-order valence-electron chi connectivity index (χ3n) is 6.08. The fourth-order valence-corrected chi connectivity index (χ4v) is 4.52. The second-order valence-corrected chi connectivity index (χ2v) is 8.82. The summed E-state index contributed by atoms with van der Waals surface area (Å²) in [6, 6.07) is 21.7. The van der Waals surface area contributed by atoms with Crippen molar-refractivity contribution in [2.24, 2.45) is 0 Å². The van der Waals surface area contributed by atoms with E-state index in [0.29, 0.717) is 29.4 Å². The first-order valence-electron chi connectivity index (χ1n) is 10.8. The lowest BCUT2D eigenvalue weighted by molar-refractivity contribution is 0.0726. The van der Waals surface area contributed by atoms with E-state index in [0.717, 1.165) is 23.0 Å². The summed E-state index contributed by atoms with van der Waals surface area (Å²) in [5.74, 6) is 0.676. The highest BCUT2D eigenvalue weighted by Crippen LogP contribution is 2.31. The van der Waals surface area contributed by atoms with E-state index in [1.54, 1.807) is 0 Å². The van der Waals surface area contributed by atoms with Crippen LogP contribution >= 0.6 is 11.6 Å². The molecule has 5 rings (SSSR count). The summed E-state index contributed by atoms with van der Waals surface area (Å²) in [5, 5.41) is 5.64. The molecule has 1 aromatic heterocycles. The van der Waals surface area contributed by atoms with Crippen molar-refractivity contribution < 1.29 is 9.32 Å². The molecule has 0 N–H and O–H groups in total. The zero-order valence-electron chi connectivity index (χ0n) is 18.1. The topological polar surface area (TPSA) is 49.6 Å². The number of carbonyl (C=O) groups is 1. The average Bonchev–Trinajstić information content (AvgIpc) is 3.22. The van der Waals surface area contributed by atoms with Crippen LogP contribution < -0.4 is 4.90 Å². The van der Waals surface area contributed by atoms with Gasteiger partial charge < -0.3 is 14.3 Å². The minimum absolute atomic E-state index is 0.0332. The van der Waals surface area contributed by atoms with Gasteiger partial charge in [0.15, 0.2) is 5.76 Å². The van der Waals surface area contributed by atoms with E-state index in [1.165, 1.54) is 11.3 Å². The summed E-state index contributed by atoms with van der Waals surface area (Å²) in [6.07, 6.45) is 0. The predicted octanol–water partition coefficient (Wildman–Crippen LogP) is 5.81. The minimum Gasteiger partial charge on any atom is -0.365 e. The van der Waals surface area contributed by atoms with E-state index in [-0.39, 0.29) is 11.9 Å². The molecule has 0 radical (unpaired) electrons. The lowest BCUT2D eigenvalue weighted by Crippen LogP contribution is -2.53. The number of amides is 1. The number of fused-ring (bicyclic) bond motifs is 1. The predicted molar refractivity (Wildman–Crippen MR) is 128 cm³/mol. The van der Waals surface area contributed by atoms with Crippen molar-refractivity contribution in [1.29, 1.82) is 0 Å². The molecule has 2 heterocycles. The van der Waals surface area contributed by atoms with Crippen LogP contribution in [0.5, 0.6) is 0 Å². The smallest absolute Gasteiger partial charge is 0.254 e. The van der Waals surface area contributed by atoms with E-state index >= 15 is 0 Å². The number of rotatable bonds is 3. The molecule has 4 aromatic rings. The van der Waals surface area contributed by atoms with Crippen LogP contribution in [0.1, 0.15) is 22.8 Å². The van der Waals surface area contributed by atoms with Crippen LogP contribution in [0, 0.1) is 6.92 Å². The van der Waals surface area contributed by atoms with Crippen LogP contribution in [0.15, 0.2) is 71.3 Å². The molecule has 32 heavy (non-hydrogen) atoms. The number of nitrogens with zero attached hydrogens (tertiary/aromatic N) is 3. The molecule has 1 aliphatic heterocycles. The molecule has 3 aromatic carbocycles. The average molecular weight is 446 g/mol. The summed E-state index contributed by atoms with van der Waals surface area (Å²) >= 11 is 6.01. The zero-order valence-corrected chi connectivity index (χ0v) is 18.8. The van der Waals surface area contributed by atoms with Gasteiger partial charge in [-0.1, -0.05) is 28.9 Å². The van der Waals surface area contributed by atoms with Crippen LogP contribution in [-0.2, 0) is 0 Å². The quantitative estimate of drug-likeness (QED) is 0.399. The second kappa shape index (κ2) is 8.32. The van der Waals surface area contributed by atoms with Gasteiger partial charge in [-0.3, -0.25) is 4.79 Å². The maximum atomic E-state index is 13.3. The molecule has 0 saturated carbocycles. The van der Waals surface area contributed by atoms with Crippen LogP contribution in [0.25, 0.3) is 22.2 Å². The number of halogens is 1. The first-order chi connectivity index (χ1) is 15.5. The Morgan fingerprint density at radius 2 is 1.88 bits per heavy atom. The molecule has 1 saturated heterocycles. The van der Waals surface area contributed by atoms with Crippen molar-refractivity contribution in [2.45, 2.75) is 19.9 Å². The van der Waals surface area contributed by atoms with Gasteiger partial charge in [0, 0.05) is 47.5 Å². The molecular formula is C26H24ClN3O2. The highest BCUT2D eigenvalue weighted by Gasteiger charge is 2.28. The zero-order chi connectivity index (χ0) is 22.2. The van der Waals surface area contributed by atoms with Gasteiger partial charge in [-0.25, -0.2) is 0 Å². The second-order valence-electron chi connectivity index (χ2n) is 8.38. The Morgan fingerprint density at radius 1 is 1.06 bits per heavy atom. The monoisotopic (exact) mass is 445 g/mol. The number of carbonyl (C=O) groups excluding carboxylic acids is 1. The minimum atomic E-state index is 0.0332. The van der Waals surface area contributed by atoms with Crippen molar-refractivity contribution in [3.63, 3.8) is 0 Å². The van der Waals surface area contributed by atoms with Crippen molar-refractivity contribution in [2.75, 3.05) is 24.5 Å². The van der Waals surface area contributed by atoms with Gasteiger partial charge in [-0.05, 0) is 74.0 Å². The maximum Gasteiger partial charge on any atom is 0.254 e. The maximum absolute atomic E-state index is 13.3. The van der Waals surface area contributed by atoms with Crippen LogP contribution in [0.3, 0.4) is 0 Å². The highest BCUT2D eigenvalue weighted by molar-refractivity contribution is 6.30. The summed E-state index contributed by atoms with van der Waals surface area (Å²) in [4.78, 5) is 17.7. The van der Waals surface area contributed by atoms with Gasteiger partial charge in [0.25, 0.3) is 5.91 Å². The summed E-state index contributed by atoms with van der Waals surface area (Å²) in [6.45, 7) is 6.44. The molecule has 0 unspecified atom stereocenters. The van der Waals surface area contributed by atoms with Gasteiger partial charge in [-0.15, -0.1) is 0 Å². The molecular weight excluding hydrogens is 422 g/mol. The third kappa shape index (κ3) is 3.84. The van der Waals surface area contributed by atoms with E-state index in [1.807, 2.05) is 47.4 Å². The van der Waals surface area contributed by atoms with Crippen LogP contribution in [0.2, 0.25) is 5.02 Å². The molecule has 1 atom stereocenters. The van der Waals surface area contributed by atoms with Gasteiger partial charge in [0.1, 0.15) is 5.52 Å². The number of benzene rings is 3. The van der Waals surface area contributed by atoms with Gasteiger partial charge in [-0.2, -0.15) is 0 Å². The lowest BCUT2D eigenvalue weighted by atomic mass is 10.0. The molecule has 1 fully saturated rings. The lowest BCUT2D eigenvalue weighted by Gasteiger charge is -2.41. The Balaban J connectivity index is 1.38.